The number of methoxy groups -OCH3 is 1. The fourth-order valence-electron chi connectivity index (χ4n) is 2.21. The van der Waals surface area contributed by atoms with Crippen LogP contribution in [0.4, 0.5) is 11.4 Å². The number of ether oxygens (including phenoxy) is 1. The predicted octanol–water partition coefficient (Wildman–Crippen LogP) is 4.06. The summed E-state index contributed by atoms with van der Waals surface area (Å²) in [5.41, 5.74) is 2.84. The van der Waals surface area contributed by atoms with Crippen LogP contribution in [0.3, 0.4) is 0 Å². The molecular formula is C18H21N3O2. The van der Waals surface area contributed by atoms with E-state index in [1.165, 1.54) is 0 Å². The van der Waals surface area contributed by atoms with Crippen LogP contribution in [0, 0.1) is 11.3 Å². The van der Waals surface area contributed by atoms with Crippen molar-refractivity contribution in [2.45, 2.75) is 20.3 Å². The first kappa shape index (κ1) is 16.7. The number of hydrogen-bond donors (Lipinski definition) is 2. The molecule has 0 spiro atoms. The molecule has 0 bridgehead atoms. The smallest absolute Gasteiger partial charge is 0.168 e. The lowest BCUT2D eigenvalue weighted by Crippen LogP contribution is -2.10. The number of rotatable bonds is 7. The topological polar surface area (TPSA) is 75.1 Å². The maximum Gasteiger partial charge on any atom is 0.168 e. The molecule has 0 amide bonds. The molecule has 1 heterocycles. The van der Waals surface area contributed by atoms with Crippen molar-refractivity contribution in [1.82, 2.24) is 4.98 Å². The molecule has 2 N–H and O–H groups in total. The molecule has 2 aromatic rings. The quantitative estimate of drug-likeness (QED) is 0.597. The molecule has 120 valence electrons. The Labute approximate surface area is 136 Å². The number of nitrogens with one attached hydrogen (secondary N) is 2. The maximum absolute atomic E-state index is 11.0. The van der Waals surface area contributed by atoms with Gasteiger partial charge in [0.05, 0.1) is 18.5 Å². The zero-order chi connectivity index (χ0) is 16.8. The maximum atomic E-state index is 11.0. The summed E-state index contributed by atoms with van der Waals surface area (Å²) in [4.78, 5) is 15.3. The Morgan fingerprint density at radius 1 is 1.26 bits per heavy atom. The van der Waals surface area contributed by atoms with Crippen molar-refractivity contribution >= 4 is 23.4 Å². The number of benzene rings is 1. The first-order valence-electron chi connectivity index (χ1n) is 7.48. The molecule has 5 nitrogen and oxygen atoms in total. The van der Waals surface area contributed by atoms with Gasteiger partial charge in [0.15, 0.2) is 6.29 Å². The summed E-state index contributed by atoms with van der Waals surface area (Å²) < 4.78 is 5.14. The minimum Gasteiger partial charge on any atom is -0.497 e. The van der Waals surface area contributed by atoms with Crippen molar-refractivity contribution in [1.29, 1.82) is 5.41 Å². The van der Waals surface area contributed by atoms with Crippen molar-refractivity contribution < 1.29 is 9.53 Å². The lowest BCUT2D eigenvalue weighted by molar-refractivity contribution is 0.111. The minimum atomic E-state index is 0.328. The molecule has 0 radical (unpaired) electrons. The van der Waals surface area contributed by atoms with Gasteiger partial charge < -0.3 is 15.5 Å². The SMILES string of the molecule is COc1ccc(Nc2ccc(C=O)nc2C(=N)CC(C)C)cc1. The summed E-state index contributed by atoms with van der Waals surface area (Å²) in [6.45, 7) is 4.10. The average Bonchev–Trinajstić information content (AvgIpc) is 2.55. The number of pyridine rings is 1. The molecule has 1 aromatic heterocycles. The lowest BCUT2D eigenvalue weighted by atomic mass is 10.0. The van der Waals surface area contributed by atoms with Crippen molar-refractivity contribution in [2.24, 2.45) is 5.92 Å². The summed E-state index contributed by atoms with van der Waals surface area (Å²) in [5.74, 6) is 1.12. The summed E-state index contributed by atoms with van der Waals surface area (Å²) >= 11 is 0. The second-order valence-electron chi connectivity index (χ2n) is 5.68. The van der Waals surface area contributed by atoms with Gasteiger partial charge in [-0.15, -0.1) is 0 Å². The van der Waals surface area contributed by atoms with E-state index >= 15 is 0 Å². The van der Waals surface area contributed by atoms with Gasteiger partial charge in [0.1, 0.15) is 17.1 Å². The van der Waals surface area contributed by atoms with E-state index in [1.54, 1.807) is 19.2 Å². The van der Waals surface area contributed by atoms with E-state index in [4.69, 9.17) is 10.1 Å². The lowest BCUT2D eigenvalue weighted by Gasteiger charge is -2.14. The van der Waals surface area contributed by atoms with Gasteiger partial charge in [-0.1, -0.05) is 13.8 Å². The van der Waals surface area contributed by atoms with Crippen LogP contribution in [0.5, 0.6) is 5.75 Å². The van der Waals surface area contributed by atoms with Crippen molar-refractivity contribution in [3.63, 3.8) is 0 Å². The first-order valence-corrected chi connectivity index (χ1v) is 7.48. The fourth-order valence-corrected chi connectivity index (χ4v) is 2.21. The highest BCUT2D eigenvalue weighted by Gasteiger charge is 2.13. The largest absolute Gasteiger partial charge is 0.497 e. The van der Waals surface area contributed by atoms with Crippen LogP contribution in [-0.2, 0) is 0 Å². The Kier molecular flexibility index (Phi) is 5.46. The van der Waals surface area contributed by atoms with Crippen LogP contribution < -0.4 is 10.1 Å². The van der Waals surface area contributed by atoms with Crippen molar-refractivity contribution in [2.75, 3.05) is 12.4 Å². The van der Waals surface area contributed by atoms with Gasteiger partial charge in [0.25, 0.3) is 0 Å². The van der Waals surface area contributed by atoms with E-state index in [-0.39, 0.29) is 0 Å². The van der Waals surface area contributed by atoms with Crippen LogP contribution in [0.1, 0.15) is 36.5 Å². The summed E-state index contributed by atoms with van der Waals surface area (Å²) in [5, 5.41) is 11.5. The first-order chi connectivity index (χ1) is 11.0. The molecule has 0 unspecified atom stereocenters. The molecule has 0 fully saturated rings. The van der Waals surface area contributed by atoms with Crippen LogP contribution in [-0.4, -0.2) is 24.1 Å². The molecule has 0 aliphatic carbocycles. The van der Waals surface area contributed by atoms with Crippen molar-refractivity contribution in [3.05, 3.63) is 47.8 Å². The molecule has 0 aliphatic heterocycles. The van der Waals surface area contributed by atoms with Gasteiger partial charge in [0.2, 0.25) is 0 Å². The molecule has 5 heteroatoms. The normalized spacial score (nSPS) is 10.4. The second kappa shape index (κ2) is 7.54. The van der Waals surface area contributed by atoms with E-state index in [1.807, 2.05) is 24.3 Å². The highest BCUT2D eigenvalue weighted by atomic mass is 16.5. The second-order valence-corrected chi connectivity index (χ2v) is 5.68. The Hall–Kier alpha value is -2.69. The van der Waals surface area contributed by atoms with Crippen molar-refractivity contribution in [3.8, 4) is 5.75 Å². The standard InChI is InChI=1S/C18H21N3O2/c1-12(2)10-16(19)18-17(9-6-14(11-22)21-18)20-13-4-7-15(23-3)8-5-13/h4-9,11-12,19-20H,10H2,1-3H3. The monoisotopic (exact) mass is 311 g/mol. The predicted molar refractivity (Wildman–Crippen MR) is 92.2 cm³/mol. The van der Waals surface area contributed by atoms with E-state index in [0.717, 1.165) is 11.4 Å². The van der Waals surface area contributed by atoms with E-state index in [2.05, 4.69) is 24.1 Å². The fraction of sp³-hybridized carbons (Fsp3) is 0.278. The number of anilines is 2. The van der Waals surface area contributed by atoms with Crippen LogP contribution in [0.15, 0.2) is 36.4 Å². The van der Waals surface area contributed by atoms with E-state index in [9.17, 15) is 4.79 Å². The number of nitrogens with zero attached hydrogens (tertiary/aromatic N) is 1. The number of aromatic nitrogens is 1. The van der Waals surface area contributed by atoms with Gasteiger partial charge in [-0.05, 0) is 48.7 Å². The highest BCUT2D eigenvalue weighted by molar-refractivity contribution is 6.02. The van der Waals surface area contributed by atoms with Gasteiger partial charge in [0, 0.05) is 5.69 Å². The molecule has 0 atom stereocenters. The van der Waals surface area contributed by atoms with Gasteiger partial charge in [-0.25, -0.2) is 4.98 Å². The minimum absolute atomic E-state index is 0.328. The molecule has 1 aromatic carbocycles. The van der Waals surface area contributed by atoms with E-state index < -0.39 is 0 Å². The van der Waals surface area contributed by atoms with E-state index in [0.29, 0.717) is 41.4 Å². The highest BCUT2D eigenvalue weighted by Crippen LogP contribution is 2.24. The molecular weight excluding hydrogens is 290 g/mol. The molecule has 0 saturated carbocycles. The third-order valence-corrected chi connectivity index (χ3v) is 3.30. The van der Waals surface area contributed by atoms with Crippen LogP contribution in [0.25, 0.3) is 0 Å². The zero-order valence-electron chi connectivity index (χ0n) is 13.6. The van der Waals surface area contributed by atoms with Gasteiger partial charge >= 0.3 is 0 Å². The zero-order valence-corrected chi connectivity index (χ0v) is 13.6. The van der Waals surface area contributed by atoms with Gasteiger partial charge in [-0.2, -0.15) is 0 Å². The number of carbonyl (C=O) groups excluding carboxylic acids is 1. The van der Waals surface area contributed by atoms with Crippen LogP contribution >= 0.6 is 0 Å². The average molecular weight is 311 g/mol. The number of aldehydes is 1. The van der Waals surface area contributed by atoms with Gasteiger partial charge in [-0.3, -0.25) is 4.79 Å². The Morgan fingerprint density at radius 2 is 1.96 bits per heavy atom. The van der Waals surface area contributed by atoms with Crippen LogP contribution in [0.2, 0.25) is 0 Å². The molecule has 23 heavy (non-hydrogen) atoms. The third-order valence-electron chi connectivity index (χ3n) is 3.30. The summed E-state index contributed by atoms with van der Waals surface area (Å²) in [6, 6.07) is 10.9. The Balaban J connectivity index is 2.32. The molecule has 0 aliphatic rings. The summed E-state index contributed by atoms with van der Waals surface area (Å²) in [6.07, 6.45) is 1.30. The number of hydrogen-bond acceptors (Lipinski definition) is 5. The summed E-state index contributed by atoms with van der Waals surface area (Å²) in [7, 11) is 1.62. The number of carbonyl (C=O) groups is 1. The molecule has 2 rings (SSSR count). The Morgan fingerprint density at radius 3 is 2.52 bits per heavy atom. The Bertz CT molecular complexity index is 694. The molecule has 0 saturated heterocycles. The third kappa shape index (κ3) is 4.39.